The van der Waals surface area contributed by atoms with Crippen LogP contribution in [0.15, 0.2) is 42.5 Å². The molecule has 4 nitrogen and oxygen atoms in total. The monoisotopic (exact) mass is 354 g/mol. The minimum absolute atomic E-state index is 0.0298. The Labute approximate surface area is 141 Å². The van der Waals surface area contributed by atoms with Gasteiger partial charge < -0.3 is 14.6 Å². The number of ketones is 1. The van der Waals surface area contributed by atoms with E-state index in [1.165, 1.54) is 49.6 Å². The number of rotatable bonds is 6. The van der Waals surface area contributed by atoms with Crippen LogP contribution in [0, 0.1) is 0 Å². The van der Waals surface area contributed by atoms with Crippen molar-refractivity contribution in [1.29, 1.82) is 0 Å². The van der Waals surface area contributed by atoms with Crippen LogP contribution in [0.1, 0.15) is 15.9 Å². The molecule has 0 heterocycles. The van der Waals surface area contributed by atoms with E-state index in [4.69, 9.17) is 16.3 Å². The minimum Gasteiger partial charge on any atom is -0.506 e. The van der Waals surface area contributed by atoms with Crippen LogP contribution in [0.25, 0.3) is 6.08 Å². The molecule has 0 saturated heterocycles. The average molecular weight is 355 g/mol. The van der Waals surface area contributed by atoms with E-state index in [0.717, 1.165) is 0 Å². The summed E-state index contributed by atoms with van der Waals surface area (Å²) in [7, 11) is 1.29. The molecule has 2 aromatic rings. The Morgan fingerprint density at radius 1 is 1.21 bits per heavy atom. The fraction of sp³-hybridized carbons (Fsp3) is 0.118. The normalized spacial score (nSPS) is 11.0. The van der Waals surface area contributed by atoms with Gasteiger partial charge in [-0.05, 0) is 42.0 Å². The third kappa shape index (κ3) is 4.45. The van der Waals surface area contributed by atoms with Crippen LogP contribution in [0.4, 0.5) is 8.78 Å². The van der Waals surface area contributed by atoms with Crippen molar-refractivity contribution in [3.8, 4) is 17.2 Å². The topological polar surface area (TPSA) is 55.8 Å². The van der Waals surface area contributed by atoms with E-state index >= 15 is 0 Å². The Balaban J connectivity index is 2.19. The van der Waals surface area contributed by atoms with Crippen molar-refractivity contribution in [2.45, 2.75) is 6.61 Å². The zero-order valence-electron chi connectivity index (χ0n) is 12.5. The van der Waals surface area contributed by atoms with Crippen molar-refractivity contribution in [2.75, 3.05) is 7.11 Å². The maximum absolute atomic E-state index is 12.3. The van der Waals surface area contributed by atoms with Crippen molar-refractivity contribution >= 4 is 23.5 Å². The summed E-state index contributed by atoms with van der Waals surface area (Å²) in [5.41, 5.74) is 0.866. The number of ether oxygens (including phenoxy) is 2. The van der Waals surface area contributed by atoms with Gasteiger partial charge in [0.2, 0.25) is 0 Å². The minimum atomic E-state index is -2.99. The molecule has 0 bridgehead atoms. The number of phenols is 1. The number of carbonyl (C=O) groups is 1. The van der Waals surface area contributed by atoms with Gasteiger partial charge in [0, 0.05) is 5.56 Å². The zero-order valence-corrected chi connectivity index (χ0v) is 13.3. The van der Waals surface area contributed by atoms with Crippen molar-refractivity contribution in [3.63, 3.8) is 0 Å². The molecule has 2 aromatic carbocycles. The largest absolute Gasteiger partial charge is 0.506 e. The Hall–Kier alpha value is -2.60. The van der Waals surface area contributed by atoms with Gasteiger partial charge in [0.05, 0.1) is 12.1 Å². The zero-order chi connectivity index (χ0) is 17.7. The first-order valence-electron chi connectivity index (χ1n) is 6.74. The van der Waals surface area contributed by atoms with Gasteiger partial charge in [0.1, 0.15) is 5.75 Å². The van der Waals surface area contributed by atoms with Gasteiger partial charge in [-0.3, -0.25) is 4.79 Å². The predicted molar refractivity (Wildman–Crippen MR) is 86.1 cm³/mol. The quantitative estimate of drug-likeness (QED) is 0.610. The summed E-state index contributed by atoms with van der Waals surface area (Å²) in [6.07, 6.45) is 2.81. The lowest BCUT2D eigenvalue weighted by molar-refractivity contribution is -0.0512. The van der Waals surface area contributed by atoms with Crippen LogP contribution in [0.2, 0.25) is 5.02 Å². The summed E-state index contributed by atoms with van der Waals surface area (Å²) < 4.78 is 33.8. The molecule has 0 aromatic heterocycles. The molecule has 0 atom stereocenters. The third-order valence-electron chi connectivity index (χ3n) is 3.06. The molecule has 0 aliphatic rings. The smallest absolute Gasteiger partial charge is 0.387 e. The van der Waals surface area contributed by atoms with Crippen LogP contribution >= 0.6 is 11.6 Å². The number of methoxy groups -OCH3 is 1. The molecule has 0 saturated carbocycles. The van der Waals surface area contributed by atoms with E-state index in [2.05, 4.69) is 4.74 Å². The summed E-state index contributed by atoms with van der Waals surface area (Å²) in [6, 6.07) is 8.41. The van der Waals surface area contributed by atoms with Crippen LogP contribution < -0.4 is 9.47 Å². The molecule has 0 fully saturated rings. The van der Waals surface area contributed by atoms with Crippen LogP contribution in [0.5, 0.6) is 17.2 Å². The maximum Gasteiger partial charge on any atom is 0.387 e. The second kappa shape index (κ2) is 7.79. The van der Waals surface area contributed by atoms with E-state index in [9.17, 15) is 18.7 Å². The third-order valence-corrected chi connectivity index (χ3v) is 3.37. The lowest BCUT2D eigenvalue weighted by atomic mass is 10.1. The lowest BCUT2D eigenvalue weighted by Gasteiger charge is -2.10. The van der Waals surface area contributed by atoms with Crippen LogP contribution in [0.3, 0.4) is 0 Å². The van der Waals surface area contributed by atoms with E-state index < -0.39 is 6.61 Å². The molecule has 24 heavy (non-hydrogen) atoms. The van der Waals surface area contributed by atoms with Crippen molar-refractivity contribution in [1.82, 2.24) is 0 Å². The van der Waals surface area contributed by atoms with Crippen molar-refractivity contribution in [2.24, 2.45) is 0 Å². The molecule has 126 valence electrons. The molecular formula is C17H13ClF2O4. The summed E-state index contributed by atoms with van der Waals surface area (Å²) in [5.74, 6) is -0.541. The molecule has 7 heteroatoms. The second-order valence-corrected chi connectivity index (χ2v) is 5.06. The van der Waals surface area contributed by atoms with E-state index in [1.54, 1.807) is 6.07 Å². The summed E-state index contributed by atoms with van der Waals surface area (Å²) in [5, 5.41) is 9.51. The highest BCUT2D eigenvalue weighted by Gasteiger charge is 2.13. The lowest BCUT2D eigenvalue weighted by Crippen LogP contribution is -2.04. The molecular weight excluding hydrogens is 342 g/mol. The predicted octanol–water partition coefficient (Wildman–Crippen LogP) is 4.55. The SMILES string of the molecule is COc1cc(C(=O)/C=C/c2ccc(O)c(Cl)c2)ccc1OC(F)F. The van der Waals surface area contributed by atoms with Crippen molar-refractivity contribution in [3.05, 3.63) is 58.6 Å². The molecule has 0 spiro atoms. The molecule has 0 unspecified atom stereocenters. The van der Waals surface area contributed by atoms with E-state index in [0.29, 0.717) is 5.56 Å². The number of carbonyl (C=O) groups excluding carboxylic acids is 1. The van der Waals surface area contributed by atoms with E-state index in [1.807, 2.05) is 0 Å². The number of hydrogen-bond acceptors (Lipinski definition) is 4. The van der Waals surface area contributed by atoms with Crippen molar-refractivity contribution < 1.29 is 28.2 Å². The summed E-state index contributed by atoms with van der Waals surface area (Å²) in [6.45, 7) is -2.99. The number of phenolic OH excluding ortho intramolecular Hbond substituents is 1. The summed E-state index contributed by atoms with van der Waals surface area (Å²) in [4.78, 5) is 12.2. The van der Waals surface area contributed by atoms with Gasteiger partial charge in [-0.2, -0.15) is 8.78 Å². The molecule has 1 N–H and O–H groups in total. The highest BCUT2D eigenvalue weighted by Crippen LogP contribution is 2.30. The first kappa shape index (κ1) is 17.7. The molecule has 2 rings (SSSR count). The Bertz CT molecular complexity index is 775. The van der Waals surface area contributed by atoms with Gasteiger partial charge in [0.15, 0.2) is 17.3 Å². The molecule has 0 amide bonds. The van der Waals surface area contributed by atoms with Gasteiger partial charge >= 0.3 is 6.61 Å². The van der Waals surface area contributed by atoms with Gasteiger partial charge in [-0.15, -0.1) is 0 Å². The molecule has 0 aliphatic carbocycles. The number of aromatic hydroxyl groups is 1. The number of benzene rings is 2. The fourth-order valence-corrected chi connectivity index (χ4v) is 2.10. The average Bonchev–Trinajstić information content (AvgIpc) is 2.55. The molecule has 0 radical (unpaired) electrons. The van der Waals surface area contributed by atoms with Gasteiger partial charge in [-0.1, -0.05) is 23.7 Å². The first-order valence-corrected chi connectivity index (χ1v) is 7.12. The highest BCUT2D eigenvalue weighted by molar-refractivity contribution is 6.32. The summed E-state index contributed by atoms with van der Waals surface area (Å²) >= 11 is 5.78. The maximum atomic E-state index is 12.3. The number of hydrogen-bond donors (Lipinski definition) is 1. The Kier molecular flexibility index (Phi) is 5.76. The van der Waals surface area contributed by atoms with Crippen LogP contribution in [-0.4, -0.2) is 24.6 Å². The van der Waals surface area contributed by atoms with Gasteiger partial charge in [-0.25, -0.2) is 0 Å². The highest BCUT2D eigenvalue weighted by atomic mass is 35.5. The molecule has 0 aliphatic heterocycles. The second-order valence-electron chi connectivity index (χ2n) is 4.65. The standard InChI is InChI=1S/C17H13ClF2O4/c1-23-16-9-11(4-7-15(16)24-17(19)20)13(21)5-2-10-3-6-14(22)12(18)8-10/h2-9,17,22H,1H3/b5-2+. The number of halogens is 3. The van der Waals surface area contributed by atoms with E-state index in [-0.39, 0.29) is 33.6 Å². The van der Waals surface area contributed by atoms with Crippen LogP contribution in [-0.2, 0) is 0 Å². The van der Waals surface area contributed by atoms with Gasteiger partial charge in [0.25, 0.3) is 0 Å². The first-order chi connectivity index (χ1) is 11.4. The Morgan fingerprint density at radius 3 is 2.58 bits per heavy atom. The Morgan fingerprint density at radius 2 is 1.96 bits per heavy atom. The fourth-order valence-electron chi connectivity index (χ4n) is 1.91. The number of allylic oxidation sites excluding steroid dienone is 1. The number of alkyl halides is 2.